The minimum atomic E-state index is -5.12. The molecule has 0 saturated heterocycles. The molecule has 0 bridgehead atoms. The molecule has 0 radical (unpaired) electrons. The van der Waals surface area contributed by atoms with Crippen LogP contribution in [0, 0.1) is 0 Å². The number of benzene rings is 1. The van der Waals surface area contributed by atoms with Gasteiger partial charge in [-0.25, -0.2) is 0 Å². The Bertz CT molecular complexity index is 711. The lowest BCUT2D eigenvalue weighted by molar-refractivity contribution is 0.344. The normalized spacial score (nSPS) is 14.0. The quantitative estimate of drug-likeness (QED) is 0.759. The molecule has 1 aliphatic heterocycles. The van der Waals surface area contributed by atoms with Crippen LogP contribution in [0.4, 0.5) is 0 Å². The van der Waals surface area contributed by atoms with Crippen LogP contribution < -0.4 is 0 Å². The van der Waals surface area contributed by atoms with Crippen molar-refractivity contribution in [2.45, 2.75) is 26.3 Å². The molecule has 0 amide bonds. The lowest BCUT2D eigenvalue weighted by Crippen LogP contribution is -2.20. The molecule has 10 heteroatoms. The summed E-state index contributed by atoms with van der Waals surface area (Å²) < 4.78 is 55.6. The first kappa shape index (κ1) is 19.6. The number of hydrogen-bond donors (Lipinski definition) is 2. The second kappa shape index (κ2) is 8.41. The molecule has 0 unspecified atom stereocenters. The second-order valence-corrected chi connectivity index (χ2v) is 7.02. The van der Waals surface area contributed by atoms with Gasteiger partial charge >= 0.3 is 20.8 Å². The summed E-state index contributed by atoms with van der Waals surface area (Å²) in [6, 6.07) is 8.63. The van der Waals surface area contributed by atoms with Crippen molar-refractivity contribution in [2.24, 2.45) is 0 Å². The molecule has 2 N–H and O–H groups in total. The molecule has 1 aliphatic rings. The van der Waals surface area contributed by atoms with Gasteiger partial charge in [-0.3, -0.25) is 9.11 Å². The van der Waals surface area contributed by atoms with E-state index in [2.05, 4.69) is 52.0 Å². The lowest BCUT2D eigenvalue weighted by atomic mass is 10.0. The van der Waals surface area contributed by atoms with Crippen LogP contribution in [0.25, 0.3) is 6.08 Å². The van der Waals surface area contributed by atoms with Crippen molar-refractivity contribution >= 4 is 26.9 Å². The van der Waals surface area contributed by atoms with Crippen molar-refractivity contribution in [1.82, 2.24) is 4.90 Å². The third-order valence-electron chi connectivity index (χ3n) is 2.86. The Kier molecular flexibility index (Phi) is 7.16. The van der Waals surface area contributed by atoms with Crippen LogP contribution in [0.1, 0.15) is 30.9 Å². The zero-order valence-corrected chi connectivity index (χ0v) is 14.1. The van der Waals surface area contributed by atoms with Crippen molar-refractivity contribution in [2.75, 3.05) is 6.54 Å². The van der Waals surface area contributed by atoms with Gasteiger partial charge in [-0.05, 0) is 29.8 Å². The Morgan fingerprint density at radius 2 is 1.74 bits per heavy atom. The van der Waals surface area contributed by atoms with E-state index in [4.69, 9.17) is 9.11 Å². The number of hydrogen-bond acceptors (Lipinski definition) is 6. The highest BCUT2D eigenvalue weighted by Crippen LogP contribution is 2.19. The van der Waals surface area contributed by atoms with Gasteiger partial charge in [-0.1, -0.05) is 37.6 Å². The predicted molar refractivity (Wildman–Crippen MR) is 85.0 cm³/mol. The first-order valence-corrected chi connectivity index (χ1v) is 9.50. The predicted octanol–water partition coefficient (Wildman–Crippen LogP) is 1.88. The van der Waals surface area contributed by atoms with Crippen molar-refractivity contribution in [3.05, 3.63) is 41.6 Å². The van der Waals surface area contributed by atoms with Gasteiger partial charge in [0.1, 0.15) is 0 Å². The van der Waals surface area contributed by atoms with Gasteiger partial charge in [-0.15, -0.1) is 3.63 Å². The second-order valence-electron chi connectivity index (χ2n) is 4.76. The third-order valence-corrected chi connectivity index (χ3v) is 4.24. The van der Waals surface area contributed by atoms with Gasteiger partial charge in [0.05, 0.1) is 0 Å². The number of nitrogens with zero attached hydrogens (tertiary/aromatic N) is 1. The fraction of sp³-hybridized carbons (Fsp3) is 0.385. The molecule has 2 rings (SSSR count). The van der Waals surface area contributed by atoms with Gasteiger partial charge in [-0.2, -0.15) is 16.8 Å². The van der Waals surface area contributed by atoms with E-state index in [1.807, 2.05) is 0 Å². The maximum absolute atomic E-state index is 9.44. The van der Waals surface area contributed by atoms with E-state index < -0.39 is 20.8 Å². The van der Waals surface area contributed by atoms with Crippen LogP contribution >= 0.6 is 0 Å². The van der Waals surface area contributed by atoms with Crippen LogP contribution in [-0.2, 0) is 31.0 Å². The first-order chi connectivity index (χ1) is 10.6. The third kappa shape index (κ3) is 8.67. The Morgan fingerprint density at radius 1 is 1.13 bits per heavy atom. The SMILES string of the molecule is CCCCN1C=Cc2ccccc2C1.O=S(=O)(O)OS(=O)(=O)O. The van der Waals surface area contributed by atoms with Crippen LogP contribution in [-0.4, -0.2) is 37.4 Å². The zero-order chi connectivity index (χ0) is 17.5. The topological polar surface area (TPSA) is 121 Å². The number of fused-ring (bicyclic) bond motifs is 1. The Balaban J connectivity index is 0.000000257. The van der Waals surface area contributed by atoms with Gasteiger partial charge in [0, 0.05) is 13.1 Å². The standard InChI is InChI=1S/C13H17N.H2O7S2/c1-2-3-9-14-10-8-12-6-4-5-7-13(12)11-14;1-8(2,3)7-9(4,5)6/h4-8,10H,2-3,9,11H2,1H3;(H,1,2,3)(H,4,5,6). The molecule has 0 saturated carbocycles. The zero-order valence-electron chi connectivity index (χ0n) is 12.5. The molecule has 0 atom stereocenters. The maximum atomic E-state index is 9.44. The summed E-state index contributed by atoms with van der Waals surface area (Å²) in [5.41, 5.74) is 2.83. The van der Waals surface area contributed by atoms with E-state index in [1.165, 1.54) is 30.5 Å². The lowest BCUT2D eigenvalue weighted by Gasteiger charge is -2.25. The summed E-state index contributed by atoms with van der Waals surface area (Å²) in [6.45, 7) is 4.50. The average Bonchev–Trinajstić information content (AvgIpc) is 2.41. The molecule has 0 fully saturated rings. The summed E-state index contributed by atoms with van der Waals surface area (Å²) in [7, 11) is -10.2. The van der Waals surface area contributed by atoms with E-state index >= 15 is 0 Å². The van der Waals surface area contributed by atoms with E-state index in [0.29, 0.717) is 0 Å². The van der Waals surface area contributed by atoms with Crippen molar-refractivity contribution < 1.29 is 29.6 Å². The highest BCUT2D eigenvalue weighted by molar-refractivity contribution is 7.94. The Hall–Kier alpha value is -1.46. The van der Waals surface area contributed by atoms with Crippen LogP contribution in [0.5, 0.6) is 0 Å². The monoisotopic (exact) mass is 365 g/mol. The molecule has 1 aromatic carbocycles. The first-order valence-electron chi connectivity index (χ1n) is 6.77. The fourth-order valence-electron chi connectivity index (χ4n) is 1.92. The van der Waals surface area contributed by atoms with E-state index in [1.54, 1.807) is 0 Å². The van der Waals surface area contributed by atoms with Crippen molar-refractivity contribution in [1.29, 1.82) is 0 Å². The van der Waals surface area contributed by atoms with Gasteiger partial charge in [0.25, 0.3) is 0 Å². The highest BCUT2D eigenvalue weighted by atomic mass is 32.3. The molecule has 130 valence electrons. The largest absolute Gasteiger partial charge is 0.413 e. The van der Waals surface area contributed by atoms with E-state index in [0.717, 1.165) is 6.54 Å². The van der Waals surface area contributed by atoms with Crippen molar-refractivity contribution in [3.8, 4) is 0 Å². The summed E-state index contributed by atoms with van der Waals surface area (Å²) in [5.74, 6) is 0. The van der Waals surface area contributed by atoms with E-state index in [9.17, 15) is 16.8 Å². The minimum Gasteiger partial charge on any atom is -0.373 e. The number of rotatable bonds is 5. The van der Waals surface area contributed by atoms with Crippen LogP contribution in [0.3, 0.4) is 0 Å². The van der Waals surface area contributed by atoms with Gasteiger partial charge in [0.15, 0.2) is 0 Å². The minimum absolute atomic E-state index is 1.08. The van der Waals surface area contributed by atoms with Gasteiger partial charge < -0.3 is 4.90 Å². The Labute approximate surface area is 136 Å². The van der Waals surface area contributed by atoms with Crippen LogP contribution in [0.15, 0.2) is 30.5 Å². The molecule has 1 heterocycles. The van der Waals surface area contributed by atoms with E-state index in [-0.39, 0.29) is 0 Å². The number of unbranched alkanes of at least 4 members (excludes halogenated alkanes) is 1. The maximum Gasteiger partial charge on any atom is 0.413 e. The summed E-state index contributed by atoms with van der Waals surface area (Å²) in [4.78, 5) is 2.39. The molecule has 23 heavy (non-hydrogen) atoms. The molecule has 0 aliphatic carbocycles. The van der Waals surface area contributed by atoms with Crippen molar-refractivity contribution in [3.63, 3.8) is 0 Å². The molecular formula is C13H19NO7S2. The van der Waals surface area contributed by atoms with Crippen LogP contribution in [0.2, 0.25) is 0 Å². The molecule has 8 nitrogen and oxygen atoms in total. The molecule has 0 spiro atoms. The molecular weight excluding hydrogens is 346 g/mol. The molecule has 0 aromatic heterocycles. The average molecular weight is 365 g/mol. The van der Waals surface area contributed by atoms with Gasteiger partial charge in [0.2, 0.25) is 0 Å². The highest BCUT2D eigenvalue weighted by Gasteiger charge is 2.15. The molecule has 1 aromatic rings. The smallest absolute Gasteiger partial charge is 0.373 e. The summed E-state index contributed by atoms with van der Waals surface area (Å²) >= 11 is 0. The Morgan fingerprint density at radius 3 is 2.26 bits per heavy atom. The summed E-state index contributed by atoms with van der Waals surface area (Å²) in [6.07, 6.45) is 6.99. The fourth-order valence-corrected chi connectivity index (χ4v) is 2.79. The summed E-state index contributed by atoms with van der Waals surface area (Å²) in [5, 5.41) is 0.